The maximum Gasteiger partial charge on any atom is 0.345 e. The minimum Gasteiger partial charge on any atom is -0.320 e. The number of alkyl halides is 2. The number of anilines is 1. The molecule has 1 aromatic carbocycles. The van der Waals surface area contributed by atoms with Crippen molar-refractivity contribution in [3.05, 3.63) is 42.0 Å². The van der Waals surface area contributed by atoms with Gasteiger partial charge in [-0.3, -0.25) is 0 Å². The molecule has 0 aliphatic carbocycles. The van der Waals surface area contributed by atoms with Crippen molar-refractivity contribution in [3.63, 3.8) is 0 Å². The molecule has 6 nitrogen and oxygen atoms in total. The first-order valence-electron chi connectivity index (χ1n) is 9.86. The summed E-state index contributed by atoms with van der Waals surface area (Å²) < 4.78 is 43.0. The van der Waals surface area contributed by atoms with Crippen LogP contribution in [0.5, 0.6) is 0 Å². The molecule has 1 N–H and O–H groups in total. The van der Waals surface area contributed by atoms with Gasteiger partial charge >= 0.3 is 12.6 Å². The van der Waals surface area contributed by atoms with Gasteiger partial charge in [0.1, 0.15) is 0 Å². The third kappa shape index (κ3) is 3.86. The summed E-state index contributed by atoms with van der Waals surface area (Å²) in [4.78, 5) is 22.7. The normalized spacial score (nSPS) is 25.2. The Labute approximate surface area is 172 Å². The van der Waals surface area contributed by atoms with E-state index >= 15 is 0 Å². The monoisotopic (exact) mass is 420 g/mol. The molecule has 1 aromatic heterocycles. The van der Waals surface area contributed by atoms with Crippen LogP contribution in [0, 0.1) is 18.7 Å². The summed E-state index contributed by atoms with van der Waals surface area (Å²) >= 11 is 0. The van der Waals surface area contributed by atoms with Gasteiger partial charge in [0, 0.05) is 17.3 Å². The van der Waals surface area contributed by atoms with Gasteiger partial charge in [-0.2, -0.15) is 8.78 Å². The second-order valence-corrected chi connectivity index (χ2v) is 8.25. The van der Waals surface area contributed by atoms with Crippen LogP contribution in [0.4, 0.5) is 23.7 Å². The molecule has 9 heteroatoms. The van der Waals surface area contributed by atoms with Gasteiger partial charge in [-0.1, -0.05) is 13.0 Å². The Morgan fingerprint density at radius 1 is 1.33 bits per heavy atom. The number of piperidine rings is 1. The van der Waals surface area contributed by atoms with Crippen LogP contribution in [-0.4, -0.2) is 45.7 Å². The number of halogens is 3. The number of hydrogen-bond acceptors (Lipinski definition) is 4. The van der Waals surface area contributed by atoms with Crippen LogP contribution < -0.4 is 5.32 Å². The van der Waals surface area contributed by atoms with Crippen molar-refractivity contribution < 1.29 is 22.7 Å². The predicted molar refractivity (Wildman–Crippen MR) is 105 cm³/mol. The number of fused-ring (bicyclic) bond motifs is 2. The predicted octanol–water partition coefficient (Wildman–Crippen LogP) is 4.61. The first-order valence-corrected chi connectivity index (χ1v) is 9.86. The van der Waals surface area contributed by atoms with E-state index in [1.807, 2.05) is 13.0 Å². The van der Waals surface area contributed by atoms with Gasteiger partial charge in [0.15, 0.2) is 11.6 Å². The molecule has 2 aromatic rings. The van der Waals surface area contributed by atoms with E-state index in [-0.39, 0.29) is 18.7 Å². The Hall–Kier alpha value is -2.68. The summed E-state index contributed by atoms with van der Waals surface area (Å²) in [7, 11) is 0. The molecule has 4 rings (SSSR count). The lowest BCUT2D eigenvalue weighted by Crippen LogP contribution is -2.74. The first-order chi connectivity index (χ1) is 14.3. The topological polar surface area (TPSA) is 67.4 Å². The van der Waals surface area contributed by atoms with E-state index in [1.54, 1.807) is 17.0 Å². The Morgan fingerprint density at radius 2 is 2.07 bits per heavy atom. The molecule has 3 atom stereocenters. The number of carbonyl (C=O) groups is 1. The van der Waals surface area contributed by atoms with Crippen LogP contribution >= 0.6 is 0 Å². The molecular weight excluding hydrogens is 397 g/mol. The van der Waals surface area contributed by atoms with Crippen molar-refractivity contribution in [2.75, 3.05) is 11.9 Å². The van der Waals surface area contributed by atoms with Crippen LogP contribution in [0.15, 0.2) is 30.6 Å². The van der Waals surface area contributed by atoms with Crippen LogP contribution in [0.25, 0.3) is 11.4 Å². The quantitative estimate of drug-likeness (QED) is 0.767. The van der Waals surface area contributed by atoms with Crippen LogP contribution in [-0.2, 0) is 4.74 Å². The molecule has 3 heterocycles. The Balaban J connectivity index is 1.53. The van der Waals surface area contributed by atoms with E-state index < -0.39 is 18.0 Å². The number of amides is 2. The molecule has 160 valence electrons. The summed E-state index contributed by atoms with van der Waals surface area (Å²) in [5.41, 5.74) is 1.37. The highest BCUT2D eigenvalue weighted by atomic mass is 19.3. The van der Waals surface area contributed by atoms with Gasteiger partial charge in [0.2, 0.25) is 0 Å². The number of urea groups is 1. The number of aryl methyl sites for hydroxylation is 1. The fourth-order valence-electron chi connectivity index (χ4n) is 4.83. The van der Waals surface area contributed by atoms with Crippen molar-refractivity contribution in [2.24, 2.45) is 5.92 Å². The number of nitrogens with one attached hydrogen (secondary N) is 1. The molecule has 0 spiro atoms. The van der Waals surface area contributed by atoms with Crippen LogP contribution in [0.1, 0.15) is 31.7 Å². The van der Waals surface area contributed by atoms with Crippen molar-refractivity contribution in [1.29, 1.82) is 0 Å². The highest BCUT2D eigenvalue weighted by Crippen LogP contribution is 2.50. The molecule has 0 unspecified atom stereocenters. The fraction of sp³-hybridized carbons (Fsp3) is 0.476. The summed E-state index contributed by atoms with van der Waals surface area (Å²) in [5, 5.41) is 2.86. The maximum absolute atomic E-state index is 13.1. The number of aromatic nitrogens is 2. The number of benzene rings is 1. The molecule has 2 fully saturated rings. The highest BCUT2D eigenvalue weighted by Gasteiger charge is 2.58. The zero-order valence-electron chi connectivity index (χ0n) is 16.7. The third-order valence-corrected chi connectivity index (χ3v) is 5.94. The number of ether oxygens (including phenoxy) is 1. The van der Waals surface area contributed by atoms with Gasteiger partial charge in [-0.15, -0.1) is 0 Å². The molecule has 2 bridgehead atoms. The summed E-state index contributed by atoms with van der Waals surface area (Å²) in [6, 6.07) is 4.96. The fourth-order valence-corrected chi connectivity index (χ4v) is 4.83. The molecule has 2 amide bonds. The van der Waals surface area contributed by atoms with Gasteiger partial charge in [-0.25, -0.2) is 19.2 Å². The lowest BCUT2D eigenvalue weighted by atomic mass is 9.65. The summed E-state index contributed by atoms with van der Waals surface area (Å²) in [6.45, 7) is 0.886. The number of rotatable bonds is 5. The van der Waals surface area contributed by atoms with Gasteiger partial charge in [-0.05, 0) is 49.8 Å². The van der Waals surface area contributed by atoms with Gasteiger partial charge in [0.05, 0.1) is 24.5 Å². The smallest absolute Gasteiger partial charge is 0.320 e. The molecule has 2 aliphatic heterocycles. The van der Waals surface area contributed by atoms with Crippen molar-refractivity contribution >= 4 is 11.7 Å². The third-order valence-electron chi connectivity index (χ3n) is 5.94. The Kier molecular flexibility index (Phi) is 5.40. The Bertz CT molecular complexity index is 940. The van der Waals surface area contributed by atoms with E-state index in [0.717, 1.165) is 24.4 Å². The van der Waals surface area contributed by atoms with E-state index in [9.17, 15) is 18.0 Å². The summed E-state index contributed by atoms with van der Waals surface area (Å²) in [5.74, 6) is 0.160. The lowest BCUT2D eigenvalue weighted by Gasteiger charge is -2.63. The van der Waals surface area contributed by atoms with Gasteiger partial charge < -0.3 is 15.0 Å². The van der Waals surface area contributed by atoms with E-state index in [0.29, 0.717) is 35.8 Å². The Morgan fingerprint density at radius 3 is 2.77 bits per heavy atom. The molecule has 0 saturated carbocycles. The first kappa shape index (κ1) is 20.6. The molecule has 2 aliphatic rings. The maximum atomic E-state index is 13.1. The largest absolute Gasteiger partial charge is 0.345 e. The molecule has 0 radical (unpaired) electrons. The SMILES string of the molecule is Cc1ccc(NC(=O)N2[C@@H]3C[C@H](C)C[C@@]2(COC(F)F)C3)cc1-c1ncc(F)cn1. The van der Waals surface area contributed by atoms with Gasteiger partial charge in [0.25, 0.3) is 0 Å². The highest BCUT2D eigenvalue weighted by molar-refractivity contribution is 5.91. The minimum atomic E-state index is -2.86. The zero-order valence-corrected chi connectivity index (χ0v) is 16.7. The van der Waals surface area contributed by atoms with Crippen molar-refractivity contribution in [3.8, 4) is 11.4 Å². The van der Waals surface area contributed by atoms with Crippen molar-refractivity contribution in [1.82, 2.24) is 14.9 Å². The second-order valence-electron chi connectivity index (χ2n) is 8.25. The molecular formula is C21H23F3N4O2. The molecule has 30 heavy (non-hydrogen) atoms. The van der Waals surface area contributed by atoms with E-state index in [4.69, 9.17) is 0 Å². The van der Waals surface area contributed by atoms with Crippen LogP contribution in [0.2, 0.25) is 0 Å². The molecule has 2 saturated heterocycles. The standard InChI is InChI=1S/C21H23F3N4O2/c1-12-5-16-8-21(7-12,11-30-19(23)24)28(16)20(29)27-15-4-3-13(2)17(6-15)18-25-9-14(22)10-26-18/h3-4,6,9-10,12,16,19H,5,7-8,11H2,1-2H3,(H,27,29)/t12-,16+,21-/m0/s1. The van der Waals surface area contributed by atoms with E-state index in [2.05, 4.69) is 26.9 Å². The minimum absolute atomic E-state index is 0.0142. The number of hydrogen-bond donors (Lipinski definition) is 1. The lowest BCUT2D eigenvalue weighted by molar-refractivity contribution is -0.194. The average molecular weight is 420 g/mol. The van der Waals surface area contributed by atoms with Crippen LogP contribution in [0.3, 0.4) is 0 Å². The summed E-state index contributed by atoms with van der Waals surface area (Å²) in [6.07, 6.45) is 4.31. The average Bonchev–Trinajstić information content (AvgIpc) is 2.68. The second kappa shape index (κ2) is 7.86. The zero-order chi connectivity index (χ0) is 21.5. The number of nitrogens with zero attached hydrogens (tertiary/aromatic N) is 3. The number of carbonyl (C=O) groups excluding carboxylic acids is 1. The van der Waals surface area contributed by atoms with Crippen molar-refractivity contribution in [2.45, 2.75) is 51.3 Å². The van der Waals surface area contributed by atoms with E-state index in [1.165, 1.54) is 0 Å².